The molecule has 5 rings (SSSR count). The molecule has 9 nitrogen and oxygen atoms in total. The second-order valence-electron chi connectivity index (χ2n) is 9.39. The summed E-state index contributed by atoms with van der Waals surface area (Å²) in [6.45, 7) is 2.82. The molecular weight excluding hydrogens is 502 g/mol. The fraction of sp³-hybridized carbons (Fsp3) is 0.267. The average Bonchev–Trinajstić information content (AvgIpc) is 3.55. The van der Waals surface area contributed by atoms with Crippen LogP contribution in [-0.2, 0) is 27.1 Å². The van der Waals surface area contributed by atoms with Gasteiger partial charge in [0.2, 0.25) is 5.78 Å². The van der Waals surface area contributed by atoms with Crippen molar-refractivity contribution in [2.45, 2.75) is 33.1 Å². The Kier molecular flexibility index (Phi) is 7.06. The van der Waals surface area contributed by atoms with Crippen LogP contribution in [0.5, 0.6) is 5.75 Å². The summed E-state index contributed by atoms with van der Waals surface area (Å²) in [7, 11) is 1.32. The van der Waals surface area contributed by atoms with Crippen molar-refractivity contribution in [2.24, 2.45) is 0 Å². The average molecular weight is 530 g/mol. The number of hydrogen-bond acceptors (Lipinski definition) is 8. The summed E-state index contributed by atoms with van der Waals surface area (Å²) in [6, 6.07) is 13.7. The molecule has 0 aliphatic heterocycles. The van der Waals surface area contributed by atoms with E-state index in [-0.39, 0.29) is 11.4 Å². The molecule has 0 unspecified atom stereocenters. The number of carbonyl (C=O) groups is 3. The lowest BCUT2D eigenvalue weighted by atomic mass is 10.1. The Labute approximate surface area is 223 Å². The second-order valence-corrected chi connectivity index (χ2v) is 9.39. The van der Waals surface area contributed by atoms with E-state index >= 15 is 0 Å². The van der Waals surface area contributed by atoms with Crippen molar-refractivity contribution in [3.05, 3.63) is 92.6 Å². The Hall–Kier alpha value is -4.66. The SMILES string of the molecule is COC(=O)c1ccc(-n2c(C)cc(C(=O)COC(=O)COc3ccc4c5c(c(=O)oc4c3)CCC5)c2C)cc1. The molecule has 2 aromatic heterocycles. The molecule has 39 heavy (non-hydrogen) atoms. The number of carbonyl (C=O) groups excluding carboxylic acids is 3. The highest BCUT2D eigenvalue weighted by Gasteiger charge is 2.21. The number of aryl methyl sites for hydroxylation is 2. The number of ether oxygens (including phenoxy) is 3. The summed E-state index contributed by atoms with van der Waals surface area (Å²) >= 11 is 0. The van der Waals surface area contributed by atoms with Gasteiger partial charge in [0.1, 0.15) is 11.3 Å². The third-order valence-electron chi connectivity index (χ3n) is 6.94. The molecule has 0 N–H and O–H groups in total. The first-order chi connectivity index (χ1) is 18.8. The molecule has 0 atom stereocenters. The molecule has 1 aliphatic carbocycles. The maximum Gasteiger partial charge on any atom is 0.344 e. The van der Waals surface area contributed by atoms with E-state index in [1.54, 1.807) is 49.4 Å². The fourth-order valence-electron chi connectivity index (χ4n) is 5.07. The van der Waals surface area contributed by atoms with Crippen LogP contribution in [0.3, 0.4) is 0 Å². The van der Waals surface area contributed by atoms with Crippen LogP contribution in [0, 0.1) is 13.8 Å². The van der Waals surface area contributed by atoms with Gasteiger partial charge in [-0.15, -0.1) is 0 Å². The molecule has 0 saturated heterocycles. The minimum Gasteiger partial charge on any atom is -0.482 e. The number of rotatable bonds is 8. The number of esters is 2. The van der Waals surface area contributed by atoms with Gasteiger partial charge in [0.15, 0.2) is 13.2 Å². The number of Topliss-reactive ketones (excluding diaryl/α,β-unsaturated/α-hetero) is 1. The van der Waals surface area contributed by atoms with Crippen molar-refractivity contribution >= 4 is 28.7 Å². The van der Waals surface area contributed by atoms with Crippen molar-refractivity contribution in [3.63, 3.8) is 0 Å². The van der Waals surface area contributed by atoms with Gasteiger partial charge in [0.05, 0.1) is 12.7 Å². The molecule has 2 aromatic carbocycles. The zero-order valence-corrected chi connectivity index (χ0v) is 21.9. The van der Waals surface area contributed by atoms with E-state index in [1.807, 2.05) is 17.6 Å². The Morgan fingerprint density at radius 1 is 0.949 bits per heavy atom. The van der Waals surface area contributed by atoms with Crippen LogP contribution < -0.4 is 10.4 Å². The Balaban J connectivity index is 1.20. The van der Waals surface area contributed by atoms with Crippen LogP contribution in [0.15, 0.2) is 57.7 Å². The topological polar surface area (TPSA) is 114 Å². The Morgan fingerprint density at radius 3 is 2.44 bits per heavy atom. The van der Waals surface area contributed by atoms with Gasteiger partial charge in [-0.25, -0.2) is 14.4 Å². The predicted octanol–water partition coefficient (Wildman–Crippen LogP) is 4.28. The first-order valence-electron chi connectivity index (χ1n) is 12.5. The third-order valence-corrected chi connectivity index (χ3v) is 6.94. The highest BCUT2D eigenvalue weighted by molar-refractivity contribution is 5.99. The highest BCUT2D eigenvalue weighted by atomic mass is 16.6. The standard InChI is InChI=1S/C30H27NO8/c1-17-13-25(18(2)31(17)20-9-7-19(8-10-20)29(34)36-3)26(32)15-38-28(33)16-37-21-11-12-23-22-5-4-6-24(22)30(35)39-27(23)14-21/h7-14H,4-6,15-16H2,1-3H3. The number of fused-ring (bicyclic) bond motifs is 3. The molecule has 0 bridgehead atoms. The first-order valence-corrected chi connectivity index (χ1v) is 12.5. The Morgan fingerprint density at radius 2 is 1.69 bits per heavy atom. The molecule has 4 aromatic rings. The summed E-state index contributed by atoms with van der Waals surface area (Å²) in [5.41, 5.74) is 4.95. The lowest BCUT2D eigenvalue weighted by Crippen LogP contribution is -2.20. The van der Waals surface area contributed by atoms with Gasteiger partial charge in [-0.05, 0) is 81.1 Å². The number of aromatic nitrogens is 1. The van der Waals surface area contributed by atoms with E-state index in [1.165, 1.54) is 7.11 Å². The van der Waals surface area contributed by atoms with Gasteiger partial charge in [-0.2, -0.15) is 0 Å². The smallest absolute Gasteiger partial charge is 0.344 e. The summed E-state index contributed by atoms with van der Waals surface area (Å²) < 4.78 is 22.7. The zero-order valence-electron chi connectivity index (χ0n) is 21.9. The first kappa shape index (κ1) is 26.0. The molecule has 1 aliphatic rings. The molecule has 0 spiro atoms. The largest absolute Gasteiger partial charge is 0.482 e. The summed E-state index contributed by atoms with van der Waals surface area (Å²) in [4.78, 5) is 49.1. The monoisotopic (exact) mass is 529 g/mol. The van der Waals surface area contributed by atoms with E-state index in [0.29, 0.717) is 28.2 Å². The van der Waals surface area contributed by atoms with E-state index in [4.69, 9.17) is 18.6 Å². The van der Waals surface area contributed by atoms with Gasteiger partial charge < -0.3 is 23.2 Å². The van der Waals surface area contributed by atoms with Crippen LogP contribution in [0.1, 0.15) is 49.7 Å². The fourth-order valence-corrected chi connectivity index (χ4v) is 5.07. The van der Waals surface area contributed by atoms with Gasteiger partial charge in [-0.1, -0.05) is 0 Å². The minimum absolute atomic E-state index is 0.331. The molecule has 200 valence electrons. The minimum atomic E-state index is -0.703. The Bertz CT molecular complexity index is 1660. The molecule has 0 saturated carbocycles. The number of ketones is 1. The van der Waals surface area contributed by atoms with Crippen LogP contribution in [0.2, 0.25) is 0 Å². The summed E-state index contributed by atoms with van der Waals surface area (Å²) in [5.74, 6) is -1.13. The molecule has 0 fully saturated rings. The van der Waals surface area contributed by atoms with E-state index in [2.05, 4.69) is 0 Å². The maximum absolute atomic E-state index is 12.9. The zero-order chi connectivity index (χ0) is 27.7. The van der Waals surface area contributed by atoms with E-state index < -0.39 is 25.2 Å². The lowest BCUT2D eigenvalue weighted by molar-refractivity contribution is -0.144. The number of nitrogens with zero attached hydrogens (tertiary/aromatic N) is 1. The van der Waals surface area contributed by atoms with Crippen molar-refractivity contribution in [2.75, 3.05) is 20.3 Å². The van der Waals surface area contributed by atoms with Gasteiger partial charge in [0, 0.05) is 39.7 Å². The molecule has 9 heteroatoms. The van der Waals surface area contributed by atoms with Crippen LogP contribution in [0.25, 0.3) is 16.7 Å². The molecule has 0 radical (unpaired) electrons. The number of benzene rings is 2. The van der Waals surface area contributed by atoms with Crippen LogP contribution in [0.4, 0.5) is 0 Å². The second kappa shape index (κ2) is 10.6. The summed E-state index contributed by atoms with van der Waals surface area (Å²) in [6.07, 6.45) is 2.49. The molecular formula is C30H27NO8. The van der Waals surface area contributed by atoms with Crippen molar-refractivity contribution in [1.29, 1.82) is 0 Å². The maximum atomic E-state index is 12.9. The van der Waals surface area contributed by atoms with Crippen molar-refractivity contribution in [3.8, 4) is 11.4 Å². The van der Waals surface area contributed by atoms with Crippen LogP contribution in [-0.4, -0.2) is 42.6 Å². The third kappa shape index (κ3) is 5.07. The predicted molar refractivity (Wildman–Crippen MR) is 142 cm³/mol. The number of methoxy groups -OCH3 is 1. The van der Waals surface area contributed by atoms with Crippen LogP contribution >= 0.6 is 0 Å². The quantitative estimate of drug-likeness (QED) is 0.189. The van der Waals surface area contributed by atoms with Crippen molar-refractivity contribution in [1.82, 2.24) is 4.57 Å². The normalized spacial score (nSPS) is 12.3. The van der Waals surface area contributed by atoms with E-state index in [0.717, 1.165) is 47.2 Å². The lowest BCUT2D eigenvalue weighted by Gasteiger charge is -2.11. The van der Waals surface area contributed by atoms with Gasteiger partial charge >= 0.3 is 17.6 Å². The highest BCUT2D eigenvalue weighted by Crippen LogP contribution is 2.29. The molecule has 0 amide bonds. The summed E-state index contributed by atoms with van der Waals surface area (Å²) in [5, 5.41) is 0.875. The van der Waals surface area contributed by atoms with Gasteiger partial charge in [0.25, 0.3) is 0 Å². The van der Waals surface area contributed by atoms with E-state index in [9.17, 15) is 19.2 Å². The molecule has 2 heterocycles. The van der Waals surface area contributed by atoms with Crippen molar-refractivity contribution < 1.29 is 33.0 Å². The van der Waals surface area contributed by atoms with Gasteiger partial charge in [-0.3, -0.25) is 4.79 Å². The number of hydrogen-bond donors (Lipinski definition) is 0.